The predicted molar refractivity (Wildman–Crippen MR) is 60.6 cm³/mol. The topological polar surface area (TPSA) is 77.0 Å². The Morgan fingerprint density at radius 1 is 1.50 bits per heavy atom. The fraction of sp³-hybridized carbons (Fsp3) is 0.300. The first-order chi connectivity index (χ1) is 7.63. The molecule has 0 saturated heterocycles. The van der Waals surface area contributed by atoms with Gasteiger partial charge in [-0.05, 0) is 31.2 Å². The van der Waals surface area contributed by atoms with Crippen molar-refractivity contribution >= 4 is 23.3 Å². The van der Waals surface area contributed by atoms with E-state index >= 15 is 0 Å². The van der Waals surface area contributed by atoms with Crippen LogP contribution in [0.5, 0.6) is 0 Å². The summed E-state index contributed by atoms with van der Waals surface area (Å²) in [5.74, 6) is -0.597. The molecule has 0 fully saturated rings. The van der Waals surface area contributed by atoms with E-state index in [1.54, 1.807) is 31.2 Å². The molecule has 0 spiro atoms. The number of hydrogen-bond acceptors (Lipinski definition) is 5. The standard InChI is InChI=1S/C10H12ClN3O2/c1-2-16-10(15)9(12)14-13-8-5-3-7(11)4-6-8/h3-6,9H,2,12H2,1H3. The highest BCUT2D eigenvalue weighted by atomic mass is 35.5. The van der Waals surface area contributed by atoms with Crippen LogP contribution in [0.15, 0.2) is 34.5 Å². The molecule has 1 atom stereocenters. The molecule has 1 aromatic rings. The largest absolute Gasteiger partial charge is 0.463 e. The highest BCUT2D eigenvalue weighted by Gasteiger charge is 2.12. The van der Waals surface area contributed by atoms with E-state index in [2.05, 4.69) is 15.0 Å². The molecule has 0 aliphatic heterocycles. The Morgan fingerprint density at radius 3 is 2.69 bits per heavy atom. The van der Waals surface area contributed by atoms with Gasteiger partial charge in [0.2, 0.25) is 6.17 Å². The van der Waals surface area contributed by atoms with Crippen molar-refractivity contribution in [3.8, 4) is 0 Å². The lowest BCUT2D eigenvalue weighted by atomic mass is 10.3. The van der Waals surface area contributed by atoms with Gasteiger partial charge in [-0.3, -0.25) is 5.73 Å². The minimum atomic E-state index is -1.09. The molecule has 1 rings (SSSR count). The first-order valence-electron chi connectivity index (χ1n) is 4.72. The Labute approximate surface area is 98.3 Å². The smallest absolute Gasteiger partial charge is 0.347 e. The van der Waals surface area contributed by atoms with E-state index in [1.807, 2.05) is 0 Å². The molecule has 2 N–H and O–H groups in total. The molecule has 0 aliphatic rings. The van der Waals surface area contributed by atoms with E-state index in [-0.39, 0.29) is 6.61 Å². The third kappa shape index (κ3) is 3.96. The SMILES string of the molecule is CCOC(=O)C(N)N=Nc1ccc(Cl)cc1. The van der Waals surface area contributed by atoms with Gasteiger partial charge in [-0.2, -0.15) is 10.2 Å². The van der Waals surface area contributed by atoms with Crippen molar-refractivity contribution in [2.24, 2.45) is 16.0 Å². The van der Waals surface area contributed by atoms with Crippen LogP contribution in [0, 0.1) is 0 Å². The Bertz CT molecular complexity index is 378. The van der Waals surface area contributed by atoms with Crippen LogP contribution in [0.3, 0.4) is 0 Å². The van der Waals surface area contributed by atoms with Gasteiger partial charge in [0.25, 0.3) is 0 Å². The van der Waals surface area contributed by atoms with Crippen LogP contribution in [0.2, 0.25) is 5.02 Å². The third-order valence-corrected chi connectivity index (χ3v) is 1.90. The number of carbonyl (C=O) groups is 1. The third-order valence-electron chi connectivity index (χ3n) is 1.65. The molecule has 1 unspecified atom stereocenters. The summed E-state index contributed by atoms with van der Waals surface area (Å²) in [5, 5.41) is 8.02. The van der Waals surface area contributed by atoms with Crippen molar-refractivity contribution in [2.45, 2.75) is 13.1 Å². The zero-order valence-electron chi connectivity index (χ0n) is 8.76. The summed E-state index contributed by atoms with van der Waals surface area (Å²) in [7, 11) is 0. The van der Waals surface area contributed by atoms with Gasteiger partial charge in [0.05, 0.1) is 12.3 Å². The van der Waals surface area contributed by atoms with Crippen molar-refractivity contribution in [1.82, 2.24) is 0 Å². The van der Waals surface area contributed by atoms with E-state index < -0.39 is 12.1 Å². The molecule has 0 saturated carbocycles. The van der Waals surface area contributed by atoms with Crippen LogP contribution >= 0.6 is 11.6 Å². The molecule has 16 heavy (non-hydrogen) atoms. The van der Waals surface area contributed by atoms with Gasteiger partial charge in [0.1, 0.15) is 0 Å². The van der Waals surface area contributed by atoms with E-state index in [4.69, 9.17) is 17.3 Å². The van der Waals surface area contributed by atoms with Crippen molar-refractivity contribution in [1.29, 1.82) is 0 Å². The van der Waals surface area contributed by atoms with Crippen molar-refractivity contribution in [3.05, 3.63) is 29.3 Å². The number of rotatable bonds is 4. The number of nitrogens with two attached hydrogens (primary N) is 1. The van der Waals surface area contributed by atoms with E-state index in [0.29, 0.717) is 10.7 Å². The Morgan fingerprint density at radius 2 is 2.12 bits per heavy atom. The quantitative estimate of drug-likeness (QED) is 0.649. The number of carbonyl (C=O) groups excluding carboxylic acids is 1. The highest BCUT2D eigenvalue weighted by molar-refractivity contribution is 6.30. The number of esters is 1. The minimum absolute atomic E-state index is 0.267. The van der Waals surface area contributed by atoms with Crippen LogP contribution in [0.4, 0.5) is 5.69 Å². The van der Waals surface area contributed by atoms with Gasteiger partial charge >= 0.3 is 5.97 Å². The van der Waals surface area contributed by atoms with Crippen molar-refractivity contribution in [3.63, 3.8) is 0 Å². The summed E-state index contributed by atoms with van der Waals surface area (Å²) < 4.78 is 4.67. The Hall–Kier alpha value is -1.46. The van der Waals surface area contributed by atoms with Gasteiger partial charge < -0.3 is 4.74 Å². The highest BCUT2D eigenvalue weighted by Crippen LogP contribution is 2.16. The first-order valence-corrected chi connectivity index (χ1v) is 5.10. The van der Waals surface area contributed by atoms with Crippen LogP contribution in [-0.4, -0.2) is 18.7 Å². The second kappa shape index (κ2) is 6.19. The van der Waals surface area contributed by atoms with Crippen molar-refractivity contribution in [2.75, 3.05) is 6.61 Å². The maximum Gasteiger partial charge on any atom is 0.347 e. The second-order valence-electron chi connectivity index (χ2n) is 2.89. The summed E-state index contributed by atoms with van der Waals surface area (Å²) in [5.41, 5.74) is 5.99. The monoisotopic (exact) mass is 241 g/mol. The van der Waals surface area contributed by atoms with Gasteiger partial charge in [0.15, 0.2) is 0 Å². The van der Waals surface area contributed by atoms with E-state index in [0.717, 1.165) is 0 Å². The van der Waals surface area contributed by atoms with Crippen LogP contribution in [0.1, 0.15) is 6.92 Å². The molecule has 0 aromatic heterocycles. The normalized spacial score (nSPS) is 12.7. The van der Waals surface area contributed by atoms with Crippen LogP contribution < -0.4 is 5.73 Å². The zero-order chi connectivity index (χ0) is 12.0. The fourth-order valence-electron chi connectivity index (χ4n) is 0.911. The summed E-state index contributed by atoms with van der Waals surface area (Å²) in [4.78, 5) is 11.1. The summed E-state index contributed by atoms with van der Waals surface area (Å²) >= 11 is 5.69. The van der Waals surface area contributed by atoms with Gasteiger partial charge in [-0.15, -0.1) is 0 Å². The molecule has 0 bridgehead atoms. The Balaban J connectivity index is 2.59. The maximum atomic E-state index is 11.1. The summed E-state index contributed by atoms with van der Waals surface area (Å²) in [6.07, 6.45) is -1.09. The second-order valence-corrected chi connectivity index (χ2v) is 3.33. The van der Waals surface area contributed by atoms with Gasteiger partial charge in [-0.25, -0.2) is 4.79 Å². The molecular weight excluding hydrogens is 230 g/mol. The van der Waals surface area contributed by atoms with Crippen LogP contribution in [-0.2, 0) is 9.53 Å². The molecule has 0 amide bonds. The van der Waals surface area contributed by atoms with Gasteiger partial charge in [0, 0.05) is 5.02 Å². The summed E-state index contributed by atoms with van der Waals surface area (Å²) in [6.45, 7) is 1.96. The molecular formula is C10H12ClN3O2. The zero-order valence-corrected chi connectivity index (χ0v) is 9.52. The lowest BCUT2D eigenvalue weighted by molar-refractivity contribution is -0.144. The van der Waals surface area contributed by atoms with E-state index in [1.165, 1.54) is 0 Å². The Kier molecular flexibility index (Phi) is 4.88. The van der Waals surface area contributed by atoms with Crippen molar-refractivity contribution < 1.29 is 9.53 Å². The van der Waals surface area contributed by atoms with Gasteiger partial charge in [-0.1, -0.05) is 11.6 Å². The molecule has 86 valence electrons. The number of halogens is 1. The van der Waals surface area contributed by atoms with Crippen LogP contribution in [0.25, 0.3) is 0 Å². The lowest BCUT2D eigenvalue weighted by Crippen LogP contribution is -2.29. The molecule has 5 nitrogen and oxygen atoms in total. The number of ether oxygens (including phenoxy) is 1. The lowest BCUT2D eigenvalue weighted by Gasteiger charge is -2.03. The average Bonchev–Trinajstić information content (AvgIpc) is 2.28. The predicted octanol–water partition coefficient (Wildman–Crippen LogP) is 2.27. The number of benzene rings is 1. The maximum absolute atomic E-state index is 11.1. The number of azo groups is 1. The number of nitrogens with zero attached hydrogens (tertiary/aromatic N) is 2. The molecule has 0 heterocycles. The number of hydrogen-bond donors (Lipinski definition) is 1. The van der Waals surface area contributed by atoms with E-state index in [9.17, 15) is 4.79 Å². The average molecular weight is 242 g/mol. The molecule has 6 heteroatoms. The summed E-state index contributed by atoms with van der Waals surface area (Å²) in [6, 6.07) is 6.69. The fourth-order valence-corrected chi connectivity index (χ4v) is 1.04. The first kappa shape index (κ1) is 12.6. The minimum Gasteiger partial charge on any atom is -0.463 e. The molecule has 0 aliphatic carbocycles. The molecule has 0 radical (unpaired) electrons. The molecule has 1 aromatic carbocycles.